The van der Waals surface area contributed by atoms with E-state index >= 15 is 0 Å². The van der Waals surface area contributed by atoms with Gasteiger partial charge in [-0.25, -0.2) is 0 Å². The fourth-order valence-electron chi connectivity index (χ4n) is 2.46. The van der Waals surface area contributed by atoms with Gasteiger partial charge in [0.25, 0.3) is 5.69 Å². The Kier molecular flexibility index (Phi) is 5.16. The number of carbonyl (C=O) groups is 1. The van der Waals surface area contributed by atoms with Crippen LogP contribution in [0.1, 0.15) is 6.92 Å². The van der Waals surface area contributed by atoms with Crippen LogP contribution < -0.4 is 10.6 Å². The quantitative estimate of drug-likeness (QED) is 0.372. The molecule has 0 bridgehead atoms. The van der Waals surface area contributed by atoms with Gasteiger partial charge in [-0.3, -0.25) is 19.8 Å². The van der Waals surface area contributed by atoms with Gasteiger partial charge in [0.2, 0.25) is 0 Å². The molecule has 2 N–H and O–H groups in total. The maximum Gasteiger partial charge on any atom is 0.320 e. The van der Waals surface area contributed by atoms with E-state index in [0.717, 1.165) is 31.9 Å². The monoisotopic (exact) mass is 308 g/mol. The molecule has 1 heterocycles. The van der Waals surface area contributed by atoms with Gasteiger partial charge < -0.3 is 15.4 Å². The summed E-state index contributed by atoms with van der Waals surface area (Å²) in [5, 5.41) is 10.8. The minimum Gasteiger partial charge on any atom is -0.465 e. The van der Waals surface area contributed by atoms with Crippen molar-refractivity contribution >= 4 is 23.0 Å². The van der Waals surface area contributed by atoms with Crippen molar-refractivity contribution in [2.24, 2.45) is 0 Å². The molecule has 1 aromatic rings. The Morgan fingerprint density at radius 1 is 1.36 bits per heavy atom. The van der Waals surface area contributed by atoms with E-state index in [-0.39, 0.29) is 17.3 Å². The van der Waals surface area contributed by atoms with Crippen molar-refractivity contribution in [3.63, 3.8) is 0 Å². The summed E-state index contributed by atoms with van der Waals surface area (Å²) in [5.41, 5.74) is 6.66. The van der Waals surface area contributed by atoms with Gasteiger partial charge >= 0.3 is 5.97 Å². The summed E-state index contributed by atoms with van der Waals surface area (Å²) in [7, 11) is 0. The summed E-state index contributed by atoms with van der Waals surface area (Å²) in [6.45, 7) is 5.40. The molecular weight excluding hydrogens is 288 g/mol. The Labute approximate surface area is 128 Å². The van der Waals surface area contributed by atoms with E-state index in [0.29, 0.717) is 13.2 Å². The minimum absolute atomic E-state index is 0.0790. The lowest BCUT2D eigenvalue weighted by atomic mass is 10.2. The molecule has 1 saturated heterocycles. The number of rotatable bonds is 5. The number of hydrogen-bond acceptors (Lipinski definition) is 7. The highest BCUT2D eigenvalue weighted by Crippen LogP contribution is 2.27. The van der Waals surface area contributed by atoms with E-state index in [1.54, 1.807) is 19.1 Å². The molecule has 0 atom stereocenters. The second-order valence-electron chi connectivity index (χ2n) is 5.07. The molecule has 1 aliphatic heterocycles. The highest BCUT2D eigenvalue weighted by molar-refractivity contribution is 5.71. The van der Waals surface area contributed by atoms with Gasteiger partial charge in [-0.2, -0.15) is 0 Å². The first-order valence-electron chi connectivity index (χ1n) is 7.18. The molecule has 0 unspecified atom stereocenters. The van der Waals surface area contributed by atoms with Crippen LogP contribution in [0.5, 0.6) is 0 Å². The summed E-state index contributed by atoms with van der Waals surface area (Å²) in [5.74, 6) is -0.212. The number of hydrogen-bond donors (Lipinski definition) is 1. The molecule has 8 nitrogen and oxygen atoms in total. The fourth-order valence-corrected chi connectivity index (χ4v) is 2.46. The third kappa shape index (κ3) is 3.85. The number of nitro benzene ring substituents is 1. The topological polar surface area (TPSA) is 102 Å². The predicted octanol–water partition coefficient (Wildman–Crippen LogP) is 0.862. The molecule has 22 heavy (non-hydrogen) atoms. The fraction of sp³-hybridized carbons (Fsp3) is 0.500. The molecule has 0 radical (unpaired) electrons. The number of carbonyl (C=O) groups excluding carboxylic acids is 1. The Morgan fingerprint density at radius 3 is 2.59 bits per heavy atom. The molecular formula is C14H20N4O4. The second kappa shape index (κ2) is 7.08. The molecule has 0 saturated carbocycles. The van der Waals surface area contributed by atoms with Gasteiger partial charge in [0.1, 0.15) is 5.69 Å². The van der Waals surface area contributed by atoms with E-state index in [1.807, 2.05) is 4.90 Å². The highest BCUT2D eigenvalue weighted by Gasteiger charge is 2.21. The predicted molar refractivity (Wildman–Crippen MR) is 82.8 cm³/mol. The Hall–Kier alpha value is -2.35. The van der Waals surface area contributed by atoms with Crippen molar-refractivity contribution < 1.29 is 14.5 Å². The lowest BCUT2D eigenvalue weighted by Crippen LogP contribution is -2.48. The number of ether oxygens (including phenoxy) is 1. The van der Waals surface area contributed by atoms with Crippen molar-refractivity contribution in [3.05, 3.63) is 28.3 Å². The summed E-state index contributed by atoms with van der Waals surface area (Å²) in [6.07, 6.45) is 0. The molecule has 0 amide bonds. The van der Waals surface area contributed by atoms with Crippen LogP contribution in [-0.2, 0) is 9.53 Å². The summed E-state index contributed by atoms with van der Waals surface area (Å²) >= 11 is 0. The largest absolute Gasteiger partial charge is 0.465 e. The number of anilines is 2. The van der Waals surface area contributed by atoms with E-state index in [2.05, 4.69) is 4.90 Å². The van der Waals surface area contributed by atoms with Gasteiger partial charge in [0, 0.05) is 37.9 Å². The maximum atomic E-state index is 11.5. The molecule has 0 aliphatic carbocycles. The molecule has 2 rings (SSSR count). The van der Waals surface area contributed by atoms with Gasteiger partial charge in [0.05, 0.1) is 18.1 Å². The third-order valence-corrected chi connectivity index (χ3v) is 3.60. The Bertz CT molecular complexity index is 556. The van der Waals surface area contributed by atoms with Crippen molar-refractivity contribution in [2.75, 3.05) is 50.0 Å². The van der Waals surface area contributed by atoms with Crippen LogP contribution in [0.25, 0.3) is 0 Å². The number of nitrogens with two attached hydrogens (primary N) is 1. The van der Waals surface area contributed by atoms with Crippen LogP contribution in [0.4, 0.5) is 17.1 Å². The van der Waals surface area contributed by atoms with Crippen molar-refractivity contribution in [1.82, 2.24) is 4.90 Å². The average Bonchev–Trinajstić information content (AvgIpc) is 2.47. The molecule has 0 aromatic heterocycles. The molecule has 120 valence electrons. The minimum atomic E-state index is -0.490. The average molecular weight is 308 g/mol. The molecule has 0 spiro atoms. The number of nitrogen functional groups attached to an aromatic ring is 1. The van der Waals surface area contributed by atoms with Crippen molar-refractivity contribution in [2.45, 2.75) is 6.92 Å². The normalized spacial score (nSPS) is 15.6. The van der Waals surface area contributed by atoms with Crippen LogP contribution in [0, 0.1) is 10.1 Å². The van der Waals surface area contributed by atoms with Crippen LogP contribution in [0.3, 0.4) is 0 Å². The van der Waals surface area contributed by atoms with E-state index in [9.17, 15) is 14.9 Å². The number of benzene rings is 1. The maximum absolute atomic E-state index is 11.5. The molecule has 1 aromatic carbocycles. The number of piperazine rings is 1. The zero-order chi connectivity index (χ0) is 16.1. The zero-order valence-electron chi connectivity index (χ0n) is 12.5. The van der Waals surface area contributed by atoms with Crippen LogP contribution in [0.15, 0.2) is 18.2 Å². The standard InChI is InChI=1S/C14H20N4O4/c1-2-22-14(19)10-16-5-7-17(8-6-16)11-3-4-13(18(20)21)12(15)9-11/h3-4,9H,2,5-8,10,15H2,1H3. The molecule has 8 heteroatoms. The first kappa shape index (κ1) is 16.0. The van der Waals surface area contributed by atoms with Crippen LogP contribution >= 0.6 is 0 Å². The van der Waals surface area contributed by atoms with Crippen LogP contribution in [0.2, 0.25) is 0 Å². The highest BCUT2D eigenvalue weighted by atomic mass is 16.6. The number of nitrogens with zero attached hydrogens (tertiary/aromatic N) is 3. The summed E-state index contributed by atoms with van der Waals surface area (Å²) in [6, 6.07) is 4.75. The zero-order valence-corrected chi connectivity index (χ0v) is 12.5. The van der Waals surface area contributed by atoms with Crippen molar-refractivity contribution in [3.8, 4) is 0 Å². The Balaban J connectivity index is 1.93. The smallest absolute Gasteiger partial charge is 0.320 e. The van der Waals surface area contributed by atoms with Crippen molar-refractivity contribution in [1.29, 1.82) is 0 Å². The van der Waals surface area contributed by atoms with Gasteiger partial charge in [0.15, 0.2) is 0 Å². The third-order valence-electron chi connectivity index (χ3n) is 3.60. The molecule has 1 fully saturated rings. The van der Waals surface area contributed by atoms with Gasteiger partial charge in [-0.15, -0.1) is 0 Å². The van der Waals surface area contributed by atoms with E-state index < -0.39 is 4.92 Å². The number of nitro groups is 1. The first-order chi connectivity index (χ1) is 10.5. The lowest BCUT2D eigenvalue weighted by molar-refractivity contribution is -0.383. The van der Waals surface area contributed by atoms with E-state index in [1.165, 1.54) is 6.07 Å². The van der Waals surface area contributed by atoms with Crippen LogP contribution in [-0.4, -0.2) is 55.1 Å². The Morgan fingerprint density at radius 2 is 2.05 bits per heavy atom. The lowest BCUT2D eigenvalue weighted by Gasteiger charge is -2.35. The summed E-state index contributed by atoms with van der Waals surface area (Å²) < 4.78 is 4.93. The second-order valence-corrected chi connectivity index (χ2v) is 5.07. The SMILES string of the molecule is CCOC(=O)CN1CCN(c2ccc([N+](=O)[O-])c(N)c2)CC1. The van der Waals surface area contributed by atoms with E-state index in [4.69, 9.17) is 10.5 Å². The summed E-state index contributed by atoms with van der Waals surface area (Å²) in [4.78, 5) is 25.9. The van der Waals surface area contributed by atoms with Gasteiger partial charge in [-0.1, -0.05) is 0 Å². The van der Waals surface area contributed by atoms with Gasteiger partial charge in [-0.05, 0) is 19.1 Å². The molecule has 1 aliphatic rings. The first-order valence-corrected chi connectivity index (χ1v) is 7.18. The number of esters is 1.